The molecule has 0 radical (unpaired) electrons. The van der Waals surface area contributed by atoms with Gasteiger partial charge in [-0.2, -0.15) is 5.10 Å². The number of fused-ring (bicyclic) bond motifs is 1. The van der Waals surface area contributed by atoms with Crippen LogP contribution in [0.3, 0.4) is 0 Å². The second-order valence-electron chi connectivity index (χ2n) is 4.36. The zero-order valence-electron chi connectivity index (χ0n) is 9.98. The van der Waals surface area contributed by atoms with Crippen molar-refractivity contribution in [2.75, 3.05) is 11.9 Å². The van der Waals surface area contributed by atoms with Gasteiger partial charge >= 0.3 is 0 Å². The van der Waals surface area contributed by atoms with Crippen molar-refractivity contribution in [1.82, 2.24) is 14.8 Å². The Kier molecular flexibility index (Phi) is 2.55. The van der Waals surface area contributed by atoms with E-state index < -0.39 is 0 Å². The van der Waals surface area contributed by atoms with E-state index in [9.17, 15) is 0 Å². The van der Waals surface area contributed by atoms with Gasteiger partial charge in [-0.3, -0.25) is 0 Å². The summed E-state index contributed by atoms with van der Waals surface area (Å²) in [6, 6.07) is 6.49. The molecule has 0 spiro atoms. The van der Waals surface area contributed by atoms with Crippen molar-refractivity contribution in [3.05, 3.63) is 30.1 Å². The third-order valence-electron chi connectivity index (χ3n) is 3.12. The number of aryl methyl sites for hydroxylation is 1. The quantitative estimate of drug-likeness (QED) is 0.876. The summed E-state index contributed by atoms with van der Waals surface area (Å²) >= 11 is 0. The Labute approximate surface area is 101 Å². The minimum atomic E-state index is 0.921. The number of nitrogens with zero attached hydrogens (tertiary/aromatic N) is 3. The first-order valence-electron chi connectivity index (χ1n) is 6.13. The minimum absolute atomic E-state index is 0.921. The molecule has 4 heteroatoms. The van der Waals surface area contributed by atoms with Crippen LogP contribution in [0.15, 0.2) is 24.5 Å². The van der Waals surface area contributed by atoms with Crippen molar-refractivity contribution in [2.24, 2.45) is 0 Å². The summed E-state index contributed by atoms with van der Waals surface area (Å²) in [6.07, 6.45) is 3.81. The molecular formula is C13H16N4. The maximum Gasteiger partial charge on any atom is 0.158 e. The van der Waals surface area contributed by atoms with E-state index in [2.05, 4.69) is 40.5 Å². The van der Waals surface area contributed by atoms with Gasteiger partial charge < -0.3 is 5.32 Å². The van der Waals surface area contributed by atoms with Crippen LogP contribution in [0, 0.1) is 0 Å². The van der Waals surface area contributed by atoms with Crippen molar-refractivity contribution in [2.45, 2.75) is 26.3 Å². The molecule has 0 saturated carbocycles. The fourth-order valence-electron chi connectivity index (χ4n) is 2.31. The van der Waals surface area contributed by atoms with E-state index in [1.54, 1.807) is 6.33 Å². The first kappa shape index (κ1) is 10.3. The van der Waals surface area contributed by atoms with Gasteiger partial charge in [0, 0.05) is 24.3 Å². The van der Waals surface area contributed by atoms with E-state index in [0.717, 1.165) is 31.8 Å². The van der Waals surface area contributed by atoms with Crippen LogP contribution < -0.4 is 5.32 Å². The van der Waals surface area contributed by atoms with Gasteiger partial charge in [0.2, 0.25) is 0 Å². The number of benzene rings is 1. The van der Waals surface area contributed by atoms with Crippen LogP contribution in [0.5, 0.6) is 0 Å². The van der Waals surface area contributed by atoms with E-state index in [1.807, 2.05) is 4.68 Å². The van der Waals surface area contributed by atoms with Gasteiger partial charge in [-0.05, 0) is 36.6 Å². The molecule has 88 valence electrons. The highest BCUT2D eigenvalue weighted by atomic mass is 15.3. The molecule has 4 nitrogen and oxygen atoms in total. The molecule has 1 aliphatic heterocycles. The molecular weight excluding hydrogens is 212 g/mol. The van der Waals surface area contributed by atoms with E-state index in [-0.39, 0.29) is 0 Å². The first-order chi connectivity index (χ1) is 8.38. The summed E-state index contributed by atoms with van der Waals surface area (Å²) in [5.41, 5.74) is 3.81. The van der Waals surface area contributed by atoms with Gasteiger partial charge in [-0.15, -0.1) is 0 Å². The minimum Gasteiger partial charge on any atom is -0.384 e. The van der Waals surface area contributed by atoms with Crippen molar-refractivity contribution in [3.63, 3.8) is 0 Å². The standard InChI is InChI=1S/C13H16N4/c1-2-7-17-13(15-9-16-17)11-3-4-12-10(8-11)5-6-14-12/h3-4,8-9,14H,2,5-7H2,1H3. The lowest BCUT2D eigenvalue weighted by molar-refractivity contribution is 0.608. The molecule has 1 N–H and O–H groups in total. The number of rotatable bonds is 3. The average Bonchev–Trinajstić information content (AvgIpc) is 2.96. The molecule has 0 aliphatic carbocycles. The van der Waals surface area contributed by atoms with Gasteiger partial charge in [0.15, 0.2) is 5.82 Å². The lowest BCUT2D eigenvalue weighted by Crippen LogP contribution is -2.01. The van der Waals surface area contributed by atoms with E-state index in [4.69, 9.17) is 0 Å². The van der Waals surface area contributed by atoms with Crippen LogP contribution >= 0.6 is 0 Å². The molecule has 3 rings (SSSR count). The lowest BCUT2D eigenvalue weighted by atomic mass is 10.1. The zero-order chi connectivity index (χ0) is 11.7. The number of hydrogen-bond donors (Lipinski definition) is 1. The van der Waals surface area contributed by atoms with Crippen molar-refractivity contribution in [3.8, 4) is 11.4 Å². The van der Waals surface area contributed by atoms with Crippen LogP contribution in [-0.2, 0) is 13.0 Å². The predicted octanol–water partition coefficient (Wildman–Crippen LogP) is 2.32. The maximum atomic E-state index is 4.36. The fraction of sp³-hybridized carbons (Fsp3) is 0.385. The molecule has 2 heterocycles. The molecule has 1 aromatic heterocycles. The molecule has 0 saturated heterocycles. The SMILES string of the molecule is CCCn1ncnc1-c1ccc2c(c1)CCN2. The molecule has 0 unspecified atom stereocenters. The Morgan fingerprint density at radius 3 is 3.24 bits per heavy atom. The second kappa shape index (κ2) is 4.20. The molecule has 2 aromatic rings. The third kappa shape index (κ3) is 1.79. The van der Waals surface area contributed by atoms with Gasteiger partial charge in [0.05, 0.1) is 0 Å². The number of nitrogens with one attached hydrogen (secondary N) is 1. The van der Waals surface area contributed by atoms with Crippen molar-refractivity contribution < 1.29 is 0 Å². The maximum absolute atomic E-state index is 4.36. The van der Waals surface area contributed by atoms with Crippen molar-refractivity contribution >= 4 is 5.69 Å². The zero-order valence-corrected chi connectivity index (χ0v) is 9.98. The number of aromatic nitrogens is 3. The summed E-state index contributed by atoms with van der Waals surface area (Å²) in [6.45, 7) is 4.11. The van der Waals surface area contributed by atoms with Gasteiger partial charge in [0.1, 0.15) is 6.33 Å². The molecule has 0 atom stereocenters. The molecule has 0 amide bonds. The highest BCUT2D eigenvalue weighted by Gasteiger charge is 2.13. The average molecular weight is 228 g/mol. The fourth-order valence-corrected chi connectivity index (χ4v) is 2.31. The number of hydrogen-bond acceptors (Lipinski definition) is 3. The van der Waals surface area contributed by atoms with Crippen LogP contribution in [-0.4, -0.2) is 21.3 Å². The Morgan fingerprint density at radius 1 is 1.41 bits per heavy atom. The molecule has 1 aromatic carbocycles. The Bertz CT molecular complexity index is 530. The van der Waals surface area contributed by atoms with E-state index >= 15 is 0 Å². The van der Waals surface area contributed by atoms with Crippen LogP contribution in [0.4, 0.5) is 5.69 Å². The first-order valence-corrected chi connectivity index (χ1v) is 6.13. The second-order valence-corrected chi connectivity index (χ2v) is 4.36. The molecule has 17 heavy (non-hydrogen) atoms. The summed E-state index contributed by atoms with van der Waals surface area (Å²) < 4.78 is 1.98. The van der Waals surface area contributed by atoms with Gasteiger partial charge in [-0.1, -0.05) is 6.92 Å². The Balaban J connectivity index is 2.00. The lowest BCUT2D eigenvalue weighted by Gasteiger charge is -2.06. The normalized spacial score (nSPS) is 13.5. The summed E-state index contributed by atoms with van der Waals surface area (Å²) in [5.74, 6) is 0.974. The number of anilines is 1. The Hall–Kier alpha value is -1.84. The molecule has 1 aliphatic rings. The molecule has 0 bridgehead atoms. The van der Waals surface area contributed by atoms with Crippen molar-refractivity contribution in [1.29, 1.82) is 0 Å². The van der Waals surface area contributed by atoms with E-state index in [1.165, 1.54) is 16.8 Å². The van der Waals surface area contributed by atoms with Gasteiger partial charge in [-0.25, -0.2) is 9.67 Å². The monoisotopic (exact) mass is 228 g/mol. The highest BCUT2D eigenvalue weighted by Crippen LogP contribution is 2.27. The summed E-state index contributed by atoms with van der Waals surface area (Å²) in [4.78, 5) is 4.36. The smallest absolute Gasteiger partial charge is 0.158 e. The summed E-state index contributed by atoms with van der Waals surface area (Å²) in [5, 5.41) is 7.64. The third-order valence-corrected chi connectivity index (χ3v) is 3.12. The van der Waals surface area contributed by atoms with Crippen LogP contribution in [0.25, 0.3) is 11.4 Å². The van der Waals surface area contributed by atoms with Crippen LogP contribution in [0.2, 0.25) is 0 Å². The topological polar surface area (TPSA) is 42.7 Å². The highest BCUT2D eigenvalue weighted by molar-refractivity contribution is 5.65. The van der Waals surface area contributed by atoms with Gasteiger partial charge in [0.25, 0.3) is 0 Å². The Morgan fingerprint density at radius 2 is 2.35 bits per heavy atom. The largest absolute Gasteiger partial charge is 0.384 e. The predicted molar refractivity (Wildman–Crippen MR) is 67.9 cm³/mol. The molecule has 0 fully saturated rings. The van der Waals surface area contributed by atoms with Crippen LogP contribution in [0.1, 0.15) is 18.9 Å². The summed E-state index contributed by atoms with van der Waals surface area (Å²) in [7, 11) is 0. The van der Waals surface area contributed by atoms with E-state index in [0.29, 0.717) is 0 Å².